The number of ether oxygens (including phenoxy) is 1. The molecule has 0 spiro atoms. The summed E-state index contributed by atoms with van der Waals surface area (Å²) in [6.45, 7) is -0.311. The van der Waals surface area contributed by atoms with E-state index in [1.165, 1.54) is 28.2 Å². The van der Waals surface area contributed by atoms with Gasteiger partial charge in [-0.3, -0.25) is 4.79 Å². The maximum Gasteiger partial charge on any atom is 0.348 e. The highest BCUT2D eigenvalue weighted by atomic mass is 32.2. The molecule has 1 aromatic rings. The number of esters is 1. The zero-order chi connectivity index (χ0) is 21.1. The summed E-state index contributed by atoms with van der Waals surface area (Å²) in [5.41, 5.74) is 1.25. The summed E-state index contributed by atoms with van der Waals surface area (Å²) in [6.07, 6.45) is 11.1. The van der Waals surface area contributed by atoms with Crippen LogP contribution in [0.3, 0.4) is 0 Å². The number of hydrogen-bond acceptors (Lipinski definition) is 6. The van der Waals surface area contributed by atoms with Crippen molar-refractivity contribution in [1.82, 2.24) is 4.90 Å². The normalized spacial score (nSPS) is 24.1. The molecule has 0 aromatic carbocycles. The molecule has 1 saturated carbocycles. The van der Waals surface area contributed by atoms with Crippen molar-refractivity contribution in [3.8, 4) is 0 Å². The first-order valence-electron chi connectivity index (χ1n) is 11.2. The lowest BCUT2D eigenvalue weighted by Crippen LogP contribution is -2.50. The van der Waals surface area contributed by atoms with E-state index in [0.29, 0.717) is 11.3 Å². The summed E-state index contributed by atoms with van der Waals surface area (Å²) in [5, 5.41) is 0. The van der Waals surface area contributed by atoms with Gasteiger partial charge in [-0.2, -0.15) is 0 Å². The Kier molecular flexibility index (Phi) is 6.82. The predicted molar refractivity (Wildman–Crippen MR) is 117 cm³/mol. The summed E-state index contributed by atoms with van der Waals surface area (Å²) in [5.74, 6) is -0.533. The van der Waals surface area contributed by atoms with E-state index < -0.39 is 15.8 Å². The molecule has 1 saturated heterocycles. The molecule has 3 aliphatic rings. The van der Waals surface area contributed by atoms with Gasteiger partial charge in [-0.15, -0.1) is 11.3 Å². The van der Waals surface area contributed by atoms with Gasteiger partial charge in [0, 0.05) is 17.0 Å². The second-order valence-corrected chi connectivity index (χ2v) is 12.2. The van der Waals surface area contributed by atoms with Crippen LogP contribution in [0.5, 0.6) is 0 Å². The lowest BCUT2D eigenvalue weighted by Gasteiger charge is -2.38. The number of sulfone groups is 1. The third-order valence-electron chi connectivity index (χ3n) is 6.63. The molecule has 1 atom stereocenters. The minimum Gasteiger partial charge on any atom is -0.451 e. The van der Waals surface area contributed by atoms with Crippen LogP contribution in [-0.4, -0.2) is 55.4 Å². The van der Waals surface area contributed by atoms with Gasteiger partial charge in [0.25, 0.3) is 5.91 Å². The van der Waals surface area contributed by atoms with Crippen molar-refractivity contribution < 1.29 is 22.7 Å². The van der Waals surface area contributed by atoms with Gasteiger partial charge in [0.2, 0.25) is 0 Å². The molecule has 1 amide bonds. The third-order valence-corrected chi connectivity index (χ3v) is 9.60. The number of rotatable bonds is 5. The average molecular weight is 454 g/mol. The van der Waals surface area contributed by atoms with Crippen molar-refractivity contribution in [3.05, 3.63) is 21.4 Å². The van der Waals surface area contributed by atoms with Gasteiger partial charge in [0.1, 0.15) is 4.88 Å². The maximum atomic E-state index is 13.1. The van der Waals surface area contributed by atoms with Crippen LogP contribution in [0.1, 0.15) is 77.9 Å². The van der Waals surface area contributed by atoms with Crippen LogP contribution in [0.2, 0.25) is 0 Å². The number of aryl methyl sites for hydroxylation is 2. The van der Waals surface area contributed by atoms with Gasteiger partial charge < -0.3 is 9.64 Å². The summed E-state index contributed by atoms with van der Waals surface area (Å²) in [7, 11) is -3.09. The molecule has 0 radical (unpaired) electrons. The van der Waals surface area contributed by atoms with Crippen LogP contribution in [0.4, 0.5) is 0 Å². The Morgan fingerprint density at radius 1 is 1.00 bits per heavy atom. The van der Waals surface area contributed by atoms with Crippen molar-refractivity contribution >= 4 is 33.1 Å². The van der Waals surface area contributed by atoms with Gasteiger partial charge in [0.05, 0.1) is 11.5 Å². The highest BCUT2D eigenvalue weighted by Gasteiger charge is 2.38. The Balaban J connectivity index is 1.41. The van der Waals surface area contributed by atoms with Crippen LogP contribution >= 0.6 is 11.3 Å². The number of nitrogens with zero attached hydrogens (tertiary/aromatic N) is 1. The lowest BCUT2D eigenvalue weighted by molar-refractivity contribution is -0.139. The molecule has 1 unspecified atom stereocenters. The molecule has 4 rings (SSSR count). The monoisotopic (exact) mass is 453 g/mol. The van der Waals surface area contributed by atoms with Gasteiger partial charge in [-0.05, 0) is 56.6 Å². The van der Waals surface area contributed by atoms with Crippen LogP contribution in [0.15, 0.2) is 6.07 Å². The highest BCUT2D eigenvalue weighted by molar-refractivity contribution is 7.91. The third kappa shape index (κ3) is 5.07. The molecule has 2 heterocycles. The Morgan fingerprint density at radius 3 is 2.47 bits per heavy atom. The van der Waals surface area contributed by atoms with Crippen LogP contribution < -0.4 is 0 Å². The largest absolute Gasteiger partial charge is 0.451 e. The van der Waals surface area contributed by atoms with E-state index in [1.807, 2.05) is 6.07 Å². The van der Waals surface area contributed by atoms with Crippen LogP contribution in [0, 0.1) is 0 Å². The first-order valence-corrected chi connectivity index (χ1v) is 13.9. The second-order valence-electron chi connectivity index (χ2n) is 8.85. The second kappa shape index (κ2) is 9.39. The van der Waals surface area contributed by atoms with Crippen LogP contribution in [0.25, 0.3) is 0 Å². The Morgan fingerprint density at radius 2 is 1.73 bits per heavy atom. The number of amides is 1. The van der Waals surface area contributed by atoms with E-state index >= 15 is 0 Å². The minimum absolute atomic E-state index is 0.0286. The van der Waals surface area contributed by atoms with Crippen molar-refractivity contribution in [1.29, 1.82) is 0 Å². The van der Waals surface area contributed by atoms with Crippen molar-refractivity contribution in [3.63, 3.8) is 0 Å². The Bertz CT molecular complexity index is 862. The summed E-state index contributed by atoms with van der Waals surface area (Å²) >= 11 is 1.49. The molecular formula is C22H31NO5S2. The zero-order valence-corrected chi connectivity index (χ0v) is 19.1. The fraction of sp³-hybridized carbons (Fsp3) is 0.727. The van der Waals surface area contributed by atoms with Gasteiger partial charge in [-0.1, -0.05) is 25.7 Å². The first kappa shape index (κ1) is 21.8. The van der Waals surface area contributed by atoms with Gasteiger partial charge in [0.15, 0.2) is 16.4 Å². The molecule has 8 heteroatoms. The Hall–Kier alpha value is -1.41. The molecule has 6 nitrogen and oxygen atoms in total. The smallest absolute Gasteiger partial charge is 0.348 e. The standard InChI is InChI=1S/C22H31NO5S2/c24-21(14-28-22(25)20-13-16-7-3-1-6-10-19(16)29-20)23(17-8-4-2-5-9-17)18-11-12-30(26,27)15-18/h13,17-18H,1-12,14-15H2. The maximum absolute atomic E-state index is 13.1. The van der Waals surface area contributed by atoms with E-state index in [-0.39, 0.29) is 36.1 Å². The molecule has 1 aliphatic heterocycles. The minimum atomic E-state index is -3.09. The van der Waals surface area contributed by atoms with Gasteiger partial charge >= 0.3 is 5.97 Å². The predicted octanol–water partition coefficient (Wildman–Crippen LogP) is 3.52. The molecular weight excluding hydrogens is 422 g/mol. The van der Waals surface area contributed by atoms with Gasteiger partial charge in [-0.25, -0.2) is 13.2 Å². The Labute approximate surface area is 182 Å². The lowest BCUT2D eigenvalue weighted by atomic mass is 9.93. The van der Waals surface area contributed by atoms with Crippen molar-refractivity contribution in [2.75, 3.05) is 18.1 Å². The molecule has 1 aromatic heterocycles. The molecule has 0 N–H and O–H groups in total. The molecule has 2 aliphatic carbocycles. The number of carbonyl (C=O) groups is 2. The number of fused-ring (bicyclic) bond motifs is 1. The van der Waals surface area contributed by atoms with E-state index in [1.54, 1.807) is 4.90 Å². The quantitative estimate of drug-likeness (QED) is 0.503. The SMILES string of the molecule is O=C(OCC(=O)N(C1CCCCC1)C1CCS(=O)(=O)C1)c1cc2c(s1)CCCCC2. The van der Waals surface area contributed by atoms with Crippen molar-refractivity contribution in [2.24, 2.45) is 0 Å². The van der Waals surface area contributed by atoms with Crippen molar-refractivity contribution in [2.45, 2.75) is 82.7 Å². The van der Waals surface area contributed by atoms with Crippen LogP contribution in [-0.2, 0) is 32.2 Å². The van der Waals surface area contributed by atoms with E-state index in [2.05, 4.69) is 0 Å². The van der Waals surface area contributed by atoms with E-state index in [0.717, 1.165) is 57.8 Å². The number of thiophene rings is 1. The summed E-state index contributed by atoms with van der Waals surface area (Å²) < 4.78 is 29.4. The molecule has 30 heavy (non-hydrogen) atoms. The average Bonchev–Trinajstić information content (AvgIpc) is 3.22. The fourth-order valence-electron chi connectivity index (χ4n) is 5.10. The summed E-state index contributed by atoms with van der Waals surface area (Å²) in [6, 6.07) is 1.70. The molecule has 2 fully saturated rings. The molecule has 166 valence electrons. The number of hydrogen-bond donors (Lipinski definition) is 0. The van der Waals surface area contributed by atoms with E-state index in [9.17, 15) is 18.0 Å². The first-order chi connectivity index (χ1) is 14.4. The highest BCUT2D eigenvalue weighted by Crippen LogP contribution is 2.30. The topological polar surface area (TPSA) is 80.8 Å². The molecule has 0 bridgehead atoms. The fourth-order valence-corrected chi connectivity index (χ4v) is 7.96. The van der Waals surface area contributed by atoms with E-state index in [4.69, 9.17) is 4.74 Å². The summed E-state index contributed by atoms with van der Waals surface area (Å²) in [4.78, 5) is 29.3. The number of carbonyl (C=O) groups excluding carboxylic acids is 2. The zero-order valence-electron chi connectivity index (χ0n) is 17.4.